The van der Waals surface area contributed by atoms with Crippen LogP contribution in [0.1, 0.15) is 24.3 Å². The molecule has 27 heavy (non-hydrogen) atoms. The summed E-state index contributed by atoms with van der Waals surface area (Å²) in [4.78, 5) is 19.1. The van der Waals surface area contributed by atoms with Crippen molar-refractivity contribution in [3.8, 4) is 11.4 Å². The van der Waals surface area contributed by atoms with Crippen molar-refractivity contribution in [2.45, 2.75) is 20.0 Å². The molecule has 3 N–H and O–H groups in total. The number of nitrogens with zero attached hydrogens (tertiary/aromatic N) is 3. The van der Waals surface area contributed by atoms with Crippen molar-refractivity contribution in [2.24, 2.45) is 0 Å². The van der Waals surface area contributed by atoms with Crippen LogP contribution in [0.3, 0.4) is 0 Å². The van der Waals surface area contributed by atoms with Crippen molar-refractivity contribution >= 4 is 16.7 Å². The maximum atomic E-state index is 11.9. The first kappa shape index (κ1) is 16.8. The largest absolute Gasteiger partial charge is 0.481 e. The van der Waals surface area contributed by atoms with Crippen LogP contribution >= 0.6 is 0 Å². The molecule has 3 heterocycles. The Labute approximate surface area is 155 Å². The van der Waals surface area contributed by atoms with Gasteiger partial charge in [-0.25, -0.2) is 9.67 Å². The lowest BCUT2D eigenvalue weighted by Gasteiger charge is -2.19. The number of nitrogens with one attached hydrogen (secondary N) is 1. The average Bonchev–Trinajstić information content (AvgIpc) is 3.17. The third kappa shape index (κ3) is 3.27. The third-order valence-electron chi connectivity index (χ3n) is 4.35. The molecule has 0 saturated carbocycles. The molecule has 0 aliphatic carbocycles. The van der Waals surface area contributed by atoms with E-state index in [2.05, 4.69) is 15.1 Å². The van der Waals surface area contributed by atoms with Crippen LogP contribution in [0.4, 0.5) is 5.82 Å². The maximum absolute atomic E-state index is 11.9. The van der Waals surface area contributed by atoms with Gasteiger partial charge in [-0.15, -0.1) is 0 Å². The first-order valence-electron chi connectivity index (χ1n) is 8.58. The summed E-state index contributed by atoms with van der Waals surface area (Å²) in [5.41, 5.74) is 9.15. The number of nitrogen functional groups attached to an aromatic ring is 1. The van der Waals surface area contributed by atoms with E-state index < -0.39 is 6.10 Å². The first-order valence-corrected chi connectivity index (χ1v) is 8.58. The van der Waals surface area contributed by atoms with Crippen molar-refractivity contribution in [2.75, 3.05) is 5.73 Å². The highest BCUT2D eigenvalue weighted by Gasteiger charge is 2.17. The number of rotatable bonds is 4. The van der Waals surface area contributed by atoms with Gasteiger partial charge >= 0.3 is 0 Å². The topological polar surface area (TPSA) is 98.8 Å². The molecule has 1 atom stereocenters. The number of aryl methyl sites for hydroxylation is 1. The van der Waals surface area contributed by atoms with Crippen LogP contribution < -0.4 is 16.0 Å². The first-order chi connectivity index (χ1) is 13.0. The molecular formula is C20H19N5O2. The lowest BCUT2D eigenvalue weighted by atomic mass is 10.1. The van der Waals surface area contributed by atoms with Crippen LogP contribution in [0.2, 0.25) is 0 Å². The molecule has 3 aromatic heterocycles. The molecule has 0 aliphatic rings. The summed E-state index contributed by atoms with van der Waals surface area (Å²) in [6, 6.07) is 12.8. The highest BCUT2D eigenvalue weighted by atomic mass is 16.5. The quantitative estimate of drug-likeness (QED) is 0.582. The summed E-state index contributed by atoms with van der Waals surface area (Å²) in [6.45, 7) is 3.86. The number of aromatic nitrogens is 4. The Morgan fingerprint density at radius 2 is 2.07 bits per heavy atom. The molecule has 0 saturated heterocycles. The van der Waals surface area contributed by atoms with Gasteiger partial charge in [0.1, 0.15) is 6.10 Å². The number of ether oxygens (including phenoxy) is 1. The number of benzene rings is 1. The van der Waals surface area contributed by atoms with E-state index in [9.17, 15) is 4.79 Å². The highest BCUT2D eigenvalue weighted by Crippen LogP contribution is 2.30. The van der Waals surface area contributed by atoms with E-state index in [0.717, 1.165) is 22.2 Å². The number of aromatic amines is 1. The van der Waals surface area contributed by atoms with Gasteiger partial charge < -0.3 is 15.5 Å². The Morgan fingerprint density at radius 3 is 2.85 bits per heavy atom. The predicted octanol–water partition coefficient (Wildman–Crippen LogP) is 3.14. The Morgan fingerprint density at radius 1 is 1.22 bits per heavy atom. The second-order valence-electron chi connectivity index (χ2n) is 6.40. The summed E-state index contributed by atoms with van der Waals surface area (Å²) in [5.74, 6) is 0.772. The lowest BCUT2D eigenvalue weighted by Crippen LogP contribution is -2.17. The summed E-state index contributed by atoms with van der Waals surface area (Å²) in [5, 5.41) is 5.18. The summed E-state index contributed by atoms with van der Waals surface area (Å²) in [6.07, 6.45) is 3.01. The van der Waals surface area contributed by atoms with Crippen molar-refractivity contribution in [1.82, 2.24) is 19.7 Å². The number of nitrogens with two attached hydrogens (primary N) is 1. The number of fused-ring (bicyclic) bond motifs is 1. The fourth-order valence-corrected chi connectivity index (χ4v) is 3.04. The summed E-state index contributed by atoms with van der Waals surface area (Å²) >= 11 is 0. The van der Waals surface area contributed by atoms with Gasteiger partial charge in [0, 0.05) is 23.8 Å². The second-order valence-corrected chi connectivity index (χ2v) is 6.40. The van der Waals surface area contributed by atoms with Gasteiger partial charge in [0.25, 0.3) is 0 Å². The van der Waals surface area contributed by atoms with Crippen molar-refractivity contribution in [1.29, 1.82) is 0 Å². The monoisotopic (exact) mass is 361 g/mol. The average molecular weight is 361 g/mol. The van der Waals surface area contributed by atoms with E-state index in [0.29, 0.717) is 17.3 Å². The number of hydrogen-bond acceptors (Lipinski definition) is 5. The molecular weight excluding hydrogens is 342 g/mol. The van der Waals surface area contributed by atoms with Crippen molar-refractivity contribution in [3.63, 3.8) is 0 Å². The van der Waals surface area contributed by atoms with E-state index in [1.165, 1.54) is 6.07 Å². The van der Waals surface area contributed by atoms with Crippen molar-refractivity contribution < 1.29 is 4.74 Å². The van der Waals surface area contributed by atoms with Crippen LogP contribution in [-0.2, 0) is 0 Å². The molecule has 0 radical (unpaired) electrons. The van der Waals surface area contributed by atoms with Crippen LogP contribution in [0.5, 0.6) is 5.75 Å². The van der Waals surface area contributed by atoms with E-state index in [4.69, 9.17) is 10.5 Å². The molecule has 136 valence electrons. The smallest absolute Gasteiger partial charge is 0.248 e. The number of pyridine rings is 2. The zero-order valence-electron chi connectivity index (χ0n) is 15.0. The van der Waals surface area contributed by atoms with Gasteiger partial charge in [0.05, 0.1) is 16.9 Å². The number of H-pyrrole nitrogens is 1. The molecule has 0 bridgehead atoms. The Kier molecular flexibility index (Phi) is 4.12. The second kappa shape index (κ2) is 6.60. The minimum absolute atomic E-state index is 0.211. The molecule has 7 heteroatoms. The van der Waals surface area contributed by atoms with Gasteiger partial charge in [-0.05, 0) is 44.2 Å². The van der Waals surface area contributed by atoms with E-state index in [1.807, 2.05) is 44.2 Å². The van der Waals surface area contributed by atoms with Gasteiger partial charge in [-0.3, -0.25) is 4.79 Å². The summed E-state index contributed by atoms with van der Waals surface area (Å²) < 4.78 is 7.75. The van der Waals surface area contributed by atoms with Gasteiger partial charge in [0.2, 0.25) is 5.56 Å². The summed E-state index contributed by atoms with van der Waals surface area (Å²) in [7, 11) is 0. The fraction of sp³-hybridized carbons (Fsp3) is 0.150. The van der Waals surface area contributed by atoms with Crippen LogP contribution in [0.25, 0.3) is 16.6 Å². The van der Waals surface area contributed by atoms with E-state index in [1.54, 1.807) is 23.1 Å². The van der Waals surface area contributed by atoms with Crippen LogP contribution in [-0.4, -0.2) is 19.7 Å². The van der Waals surface area contributed by atoms with Crippen LogP contribution in [0.15, 0.2) is 59.7 Å². The third-order valence-corrected chi connectivity index (χ3v) is 4.35. The zero-order chi connectivity index (χ0) is 19.0. The molecule has 0 fully saturated rings. The molecule has 0 spiro atoms. The molecule has 1 aromatic carbocycles. The van der Waals surface area contributed by atoms with Gasteiger partial charge in [0.15, 0.2) is 11.6 Å². The molecule has 7 nitrogen and oxygen atoms in total. The Bertz CT molecular complexity index is 1160. The SMILES string of the molecule is Cc1ccc2nc(N)c(O[C@@H](C)c3[nH]c(=O)ccc3-n3cccn3)cc2c1. The van der Waals surface area contributed by atoms with Gasteiger partial charge in [-0.1, -0.05) is 11.6 Å². The molecule has 4 aromatic rings. The molecule has 0 aliphatic heterocycles. The van der Waals surface area contributed by atoms with Gasteiger partial charge in [-0.2, -0.15) is 5.10 Å². The number of hydrogen-bond donors (Lipinski definition) is 2. The zero-order valence-corrected chi connectivity index (χ0v) is 15.0. The maximum Gasteiger partial charge on any atom is 0.248 e. The number of anilines is 1. The Balaban J connectivity index is 1.74. The van der Waals surface area contributed by atoms with E-state index in [-0.39, 0.29) is 5.56 Å². The minimum atomic E-state index is -0.468. The minimum Gasteiger partial charge on any atom is -0.481 e. The lowest BCUT2D eigenvalue weighted by molar-refractivity contribution is 0.222. The van der Waals surface area contributed by atoms with Crippen molar-refractivity contribution in [3.05, 3.63) is 76.5 Å². The normalized spacial score (nSPS) is 12.2. The molecule has 4 rings (SSSR count). The Hall–Kier alpha value is -3.61. The van der Waals surface area contributed by atoms with E-state index >= 15 is 0 Å². The molecule has 0 amide bonds. The van der Waals surface area contributed by atoms with Crippen LogP contribution in [0, 0.1) is 6.92 Å². The molecule has 0 unspecified atom stereocenters. The predicted molar refractivity (Wildman–Crippen MR) is 104 cm³/mol. The standard InChI is InChI=1S/C20H19N5O2/c1-12-4-5-15-14(10-12)11-17(20(21)23-15)27-13(2)19-16(6-7-18(26)24-19)25-9-3-8-22-25/h3-11,13H,1-2H3,(H2,21,23)(H,24,26)/t13-/m0/s1. The highest BCUT2D eigenvalue weighted by molar-refractivity contribution is 5.83. The fourth-order valence-electron chi connectivity index (χ4n) is 3.04.